The Labute approximate surface area is 177 Å². The Morgan fingerprint density at radius 3 is 2.59 bits per heavy atom. The molecule has 0 aliphatic carbocycles. The predicted molar refractivity (Wildman–Crippen MR) is 114 cm³/mol. The van der Waals surface area contributed by atoms with E-state index in [9.17, 15) is 19.5 Å². The van der Waals surface area contributed by atoms with Gasteiger partial charge in [-0.05, 0) is 29.3 Å². The molecule has 1 fully saturated rings. The fourth-order valence-corrected chi connectivity index (χ4v) is 4.26. The number of carboxylic acids is 1. The number of thiocarbonyl (C=S) groups is 1. The molecular formula is C21H17NO5S2. The molecule has 1 heterocycles. The Bertz CT molecular complexity index is 1000. The van der Waals surface area contributed by atoms with Crippen LogP contribution >= 0.6 is 24.0 Å². The summed E-state index contributed by atoms with van der Waals surface area (Å²) in [7, 11) is 1.29. The van der Waals surface area contributed by atoms with Gasteiger partial charge in [0, 0.05) is 6.42 Å². The number of nitrogens with zero attached hydrogens (tertiary/aromatic N) is 1. The number of hydrogen-bond acceptors (Lipinski definition) is 6. The number of amides is 1. The number of carbonyl (C=O) groups is 3. The standard InChI is InChI=1S/C21H17NO5S2/c1-27-20(26)15-9-5-8-14(10-15)12-17-18(23)22(21(28)29-17)16(19(24)25)11-13-6-3-2-4-7-13/h2-10,12,16H,11H2,1H3,(H,24,25)/b17-12-/t16-/m1/s1. The van der Waals surface area contributed by atoms with Crippen LogP contribution in [0.25, 0.3) is 6.08 Å². The normalized spacial score (nSPS) is 16.2. The SMILES string of the molecule is COC(=O)c1cccc(/C=C2\SC(=S)N([C@H](Cc3ccccc3)C(=O)O)C2=O)c1. The Hall–Kier alpha value is -2.97. The summed E-state index contributed by atoms with van der Waals surface area (Å²) in [6.07, 6.45) is 1.74. The summed E-state index contributed by atoms with van der Waals surface area (Å²) in [5.41, 5.74) is 1.76. The van der Waals surface area contributed by atoms with Crippen LogP contribution in [-0.4, -0.2) is 45.3 Å². The summed E-state index contributed by atoms with van der Waals surface area (Å²) in [6, 6.07) is 14.6. The molecule has 3 rings (SSSR count). The van der Waals surface area contributed by atoms with Gasteiger partial charge in [0.1, 0.15) is 10.4 Å². The van der Waals surface area contributed by atoms with E-state index in [0.29, 0.717) is 16.0 Å². The molecule has 1 N–H and O–H groups in total. The van der Waals surface area contributed by atoms with Crippen LogP contribution in [0.1, 0.15) is 21.5 Å². The van der Waals surface area contributed by atoms with E-state index < -0.39 is 23.9 Å². The predicted octanol–water partition coefficient (Wildman–Crippen LogP) is 3.37. The second-order valence-electron chi connectivity index (χ2n) is 6.21. The zero-order valence-corrected chi connectivity index (χ0v) is 17.0. The van der Waals surface area contributed by atoms with Gasteiger partial charge in [-0.1, -0.05) is 66.4 Å². The van der Waals surface area contributed by atoms with Gasteiger partial charge in [-0.25, -0.2) is 9.59 Å². The van der Waals surface area contributed by atoms with Gasteiger partial charge in [0.2, 0.25) is 0 Å². The van der Waals surface area contributed by atoms with Crippen molar-refractivity contribution in [3.05, 3.63) is 76.2 Å². The number of thioether (sulfide) groups is 1. The van der Waals surface area contributed by atoms with Gasteiger partial charge in [-0.15, -0.1) is 0 Å². The van der Waals surface area contributed by atoms with Gasteiger partial charge in [0.15, 0.2) is 0 Å². The molecule has 1 aliphatic rings. The molecule has 1 atom stereocenters. The first kappa shape index (κ1) is 20.8. The van der Waals surface area contributed by atoms with Gasteiger partial charge in [-0.2, -0.15) is 0 Å². The molecule has 148 valence electrons. The maximum atomic E-state index is 12.9. The van der Waals surface area contributed by atoms with Crippen LogP contribution in [0.4, 0.5) is 0 Å². The highest BCUT2D eigenvalue weighted by molar-refractivity contribution is 8.26. The molecule has 0 aromatic heterocycles. The average molecular weight is 428 g/mol. The van der Waals surface area contributed by atoms with Crippen molar-refractivity contribution in [3.8, 4) is 0 Å². The minimum absolute atomic E-state index is 0.147. The summed E-state index contributed by atoms with van der Waals surface area (Å²) < 4.78 is 4.89. The number of esters is 1. The Kier molecular flexibility index (Phi) is 6.46. The molecule has 2 aromatic rings. The highest BCUT2D eigenvalue weighted by Crippen LogP contribution is 2.34. The second-order valence-corrected chi connectivity index (χ2v) is 7.89. The fraction of sp³-hybridized carbons (Fsp3) is 0.143. The molecule has 1 aliphatic heterocycles. The molecule has 2 aromatic carbocycles. The van der Waals surface area contributed by atoms with Crippen molar-refractivity contribution in [2.75, 3.05) is 7.11 Å². The topological polar surface area (TPSA) is 83.9 Å². The third-order valence-corrected chi connectivity index (χ3v) is 5.63. The fourth-order valence-electron chi connectivity index (χ4n) is 2.90. The molecule has 1 saturated heterocycles. The van der Waals surface area contributed by atoms with E-state index in [1.165, 1.54) is 7.11 Å². The molecule has 29 heavy (non-hydrogen) atoms. The average Bonchev–Trinajstić information content (AvgIpc) is 2.99. The van der Waals surface area contributed by atoms with Gasteiger partial charge >= 0.3 is 11.9 Å². The highest BCUT2D eigenvalue weighted by Gasteiger charge is 2.40. The summed E-state index contributed by atoms with van der Waals surface area (Å²) in [5, 5.41) is 9.70. The van der Waals surface area contributed by atoms with Crippen LogP contribution in [0, 0.1) is 0 Å². The zero-order valence-electron chi connectivity index (χ0n) is 15.4. The lowest BCUT2D eigenvalue weighted by atomic mass is 10.0. The molecule has 0 saturated carbocycles. The number of benzene rings is 2. The molecular weight excluding hydrogens is 410 g/mol. The van der Waals surface area contributed by atoms with Crippen molar-refractivity contribution in [2.24, 2.45) is 0 Å². The number of aliphatic carboxylic acids is 1. The largest absolute Gasteiger partial charge is 0.480 e. The smallest absolute Gasteiger partial charge is 0.337 e. The number of methoxy groups -OCH3 is 1. The van der Waals surface area contributed by atoms with E-state index in [-0.39, 0.29) is 10.7 Å². The van der Waals surface area contributed by atoms with Crippen LogP contribution < -0.4 is 0 Å². The van der Waals surface area contributed by atoms with Gasteiger partial charge in [0.05, 0.1) is 17.6 Å². The quantitative estimate of drug-likeness (QED) is 0.430. The number of ether oxygens (including phenoxy) is 1. The number of carboxylic acid groups (broad SMARTS) is 1. The van der Waals surface area contributed by atoms with E-state index in [4.69, 9.17) is 17.0 Å². The first-order valence-corrected chi connectivity index (χ1v) is 9.85. The van der Waals surface area contributed by atoms with Crippen LogP contribution in [0.3, 0.4) is 0 Å². The minimum Gasteiger partial charge on any atom is -0.480 e. The maximum Gasteiger partial charge on any atom is 0.337 e. The Balaban J connectivity index is 1.87. The number of carbonyl (C=O) groups excluding carboxylic acids is 2. The van der Waals surface area contributed by atoms with Gasteiger partial charge in [-0.3, -0.25) is 9.69 Å². The van der Waals surface area contributed by atoms with Crippen LogP contribution in [0.2, 0.25) is 0 Å². The highest BCUT2D eigenvalue weighted by atomic mass is 32.2. The van der Waals surface area contributed by atoms with Crippen molar-refractivity contribution in [2.45, 2.75) is 12.5 Å². The molecule has 0 unspecified atom stereocenters. The maximum absolute atomic E-state index is 12.9. The summed E-state index contributed by atoms with van der Waals surface area (Å²) in [5.74, 6) is -2.08. The second kappa shape index (κ2) is 9.02. The van der Waals surface area contributed by atoms with Crippen molar-refractivity contribution < 1.29 is 24.2 Å². The van der Waals surface area contributed by atoms with Crippen LogP contribution in [0.5, 0.6) is 0 Å². The Morgan fingerprint density at radius 1 is 1.21 bits per heavy atom. The van der Waals surface area contributed by atoms with E-state index >= 15 is 0 Å². The lowest BCUT2D eigenvalue weighted by Gasteiger charge is -2.23. The first-order valence-electron chi connectivity index (χ1n) is 8.63. The number of rotatable bonds is 6. The molecule has 0 spiro atoms. The zero-order chi connectivity index (χ0) is 21.0. The van der Waals surface area contributed by atoms with Crippen LogP contribution in [-0.2, 0) is 20.7 Å². The van der Waals surface area contributed by atoms with Crippen molar-refractivity contribution >= 4 is 52.2 Å². The Morgan fingerprint density at radius 2 is 1.93 bits per heavy atom. The summed E-state index contributed by atoms with van der Waals surface area (Å²) in [4.78, 5) is 37.9. The summed E-state index contributed by atoms with van der Waals surface area (Å²) in [6.45, 7) is 0. The summed E-state index contributed by atoms with van der Waals surface area (Å²) >= 11 is 6.34. The lowest BCUT2D eigenvalue weighted by molar-refractivity contribution is -0.145. The van der Waals surface area contributed by atoms with Crippen molar-refractivity contribution in [1.82, 2.24) is 4.90 Å². The first-order chi connectivity index (χ1) is 13.9. The van der Waals surface area contributed by atoms with E-state index in [2.05, 4.69) is 0 Å². The third-order valence-electron chi connectivity index (χ3n) is 4.30. The molecule has 0 radical (unpaired) electrons. The van der Waals surface area contributed by atoms with Gasteiger partial charge < -0.3 is 9.84 Å². The molecule has 1 amide bonds. The molecule has 8 heteroatoms. The van der Waals surface area contributed by atoms with E-state index in [1.807, 2.05) is 30.3 Å². The monoisotopic (exact) mass is 427 g/mol. The van der Waals surface area contributed by atoms with E-state index in [0.717, 1.165) is 22.2 Å². The lowest BCUT2D eigenvalue weighted by Crippen LogP contribution is -2.45. The minimum atomic E-state index is -1.13. The van der Waals surface area contributed by atoms with Crippen molar-refractivity contribution in [1.29, 1.82) is 0 Å². The van der Waals surface area contributed by atoms with Crippen LogP contribution in [0.15, 0.2) is 59.5 Å². The molecule has 6 nitrogen and oxygen atoms in total. The van der Waals surface area contributed by atoms with E-state index in [1.54, 1.807) is 30.3 Å². The molecule has 0 bridgehead atoms. The number of hydrogen-bond donors (Lipinski definition) is 1. The third kappa shape index (κ3) is 4.72. The van der Waals surface area contributed by atoms with Crippen molar-refractivity contribution in [3.63, 3.8) is 0 Å². The van der Waals surface area contributed by atoms with Gasteiger partial charge in [0.25, 0.3) is 5.91 Å².